The fourth-order valence-corrected chi connectivity index (χ4v) is 1.89. The van der Waals surface area contributed by atoms with Crippen molar-refractivity contribution in [3.63, 3.8) is 0 Å². The summed E-state index contributed by atoms with van der Waals surface area (Å²) in [6.07, 6.45) is -2.03. The normalized spacial score (nSPS) is 15.2. The van der Waals surface area contributed by atoms with Crippen molar-refractivity contribution in [2.45, 2.75) is 51.4 Å². The van der Waals surface area contributed by atoms with Crippen LogP contribution >= 0.6 is 0 Å². The van der Waals surface area contributed by atoms with Crippen LogP contribution in [0.2, 0.25) is 0 Å². The molecule has 4 unspecified atom stereocenters. The largest absolute Gasteiger partial charge is 0.480 e. The Morgan fingerprint density at radius 3 is 1.96 bits per heavy atom. The number of hydrogen-bond acceptors (Lipinski definition) is 7. The maximum absolute atomic E-state index is 12.2. The molecule has 0 aliphatic carbocycles. The first-order chi connectivity index (χ1) is 12.4. The van der Waals surface area contributed by atoms with Crippen molar-refractivity contribution < 1.29 is 34.2 Å². The van der Waals surface area contributed by atoms with Crippen molar-refractivity contribution in [3.8, 4) is 0 Å². The van der Waals surface area contributed by atoms with E-state index in [1.807, 2.05) is 5.32 Å². The lowest BCUT2D eigenvalue weighted by molar-refractivity contribution is -0.145. The maximum Gasteiger partial charge on any atom is 0.328 e. The SMILES string of the molecule is CC(C)C(N)C(=O)NCC(=O)NC(CC(N)=O)C(=O)NC(C(=O)O)C(C)O. The van der Waals surface area contributed by atoms with Gasteiger partial charge >= 0.3 is 5.97 Å². The summed E-state index contributed by atoms with van der Waals surface area (Å²) < 4.78 is 0. The summed E-state index contributed by atoms with van der Waals surface area (Å²) in [5.41, 5.74) is 10.7. The van der Waals surface area contributed by atoms with Crippen molar-refractivity contribution in [3.05, 3.63) is 0 Å². The Bertz CT molecular complexity index is 579. The highest BCUT2D eigenvalue weighted by Gasteiger charge is 2.30. The molecule has 0 spiro atoms. The quantitative estimate of drug-likeness (QED) is 0.187. The predicted octanol–water partition coefficient (Wildman–Crippen LogP) is -3.60. The summed E-state index contributed by atoms with van der Waals surface area (Å²) in [4.78, 5) is 57.9. The molecule has 12 nitrogen and oxygen atoms in total. The molecule has 12 heteroatoms. The number of aliphatic carboxylic acids is 1. The van der Waals surface area contributed by atoms with Gasteiger partial charge in [-0.25, -0.2) is 4.79 Å². The van der Waals surface area contributed by atoms with Crippen LogP contribution in [0.4, 0.5) is 0 Å². The molecule has 0 saturated heterocycles. The van der Waals surface area contributed by atoms with Crippen LogP contribution in [0.25, 0.3) is 0 Å². The predicted molar refractivity (Wildman–Crippen MR) is 92.8 cm³/mol. The molecule has 4 amide bonds. The van der Waals surface area contributed by atoms with Gasteiger partial charge in [-0.3, -0.25) is 19.2 Å². The molecule has 4 atom stereocenters. The van der Waals surface area contributed by atoms with Gasteiger partial charge in [-0.2, -0.15) is 0 Å². The lowest BCUT2D eigenvalue weighted by Gasteiger charge is -2.22. The van der Waals surface area contributed by atoms with Crippen LogP contribution in [0.5, 0.6) is 0 Å². The fourth-order valence-electron chi connectivity index (χ4n) is 1.89. The molecule has 0 bridgehead atoms. The standard InChI is InChI=1S/C15H27N5O7/c1-6(2)11(17)14(25)18-5-10(23)19-8(4-9(16)22)13(24)20-12(7(3)21)15(26)27/h6-8,11-12,21H,4-5,17H2,1-3H3,(H2,16,22)(H,18,25)(H,19,23)(H,20,24)(H,26,27). The van der Waals surface area contributed by atoms with Gasteiger partial charge in [0.15, 0.2) is 6.04 Å². The van der Waals surface area contributed by atoms with Crippen LogP contribution in [0.3, 0.4) is 0 Å². The number of hydrogen-bond donors (Lipinski definition) is 7. The van der Waals surface area contributed by atoms with Crippen molar-refractivity contribution in [2.75, 3.05) is 6.54 Å². The summed E-state index contributed by atoms with van der Waals surface area (Å²) in [5.74, 6) is -5.00. The number of carbonyl (C=O) groups is 5. The Kier molecular flexibility index (Phi) is 9.96. The average Bonchev–Trinajstić information content (AvgIpc) is 2.54. The number of nitrogens with one attached hydrogen (secondary N) is 3. The summed E-state index contributed by atoms with van der Waals surface area (Å²) in [5, 5.41) is 24.8. The molecule has 0 aromatic carbocycles. The van der Waals surface area contributed by atoms with E-state index in [2.05, 4.69) is 10.6 Å². The van der Waals surface area contributed by atoms with Gasteiger partial charge in [0, 0.05) is 0 Å². The van der Waals surface area contributed by atoms with E-state index >= 15 is 0 Å². The van der Waals surface area contributed by atoms with Crippen LogP contribution in [-0.4, -0.2) is 70.6 Å². The molecule has 0 aliphatic heterocycles. The molecule has 0 saturated carbocycles. The van der Waals surface area contributed by atoms with E-state index in [1.54, 1.807) is 13.8 Å². The minimum Gasteiger partial charge on any atom is -0.480 e. The van der Waals surface area contributed by atoms with Gasteiger partial charge in [0.25, 0.3) is 0 Å². The molecule has 0 aromatic heterocycles. The number of nitrogens with two attached hydrogens (primary N) is 2. The second kappa shape index (κ2) is 11.1. The Morgan fingerprint density at radius 2 is 1.56 bits per heavy atom. The lowest BCUT2D eigenvalue weighted by atomic mass is 10.1. The van der Waals surface area contributed by atoms with Gasteiger partial charge in [0.1, 0.15) is 6.04 Å². The zero-order valence-electron chi connectivity index (χ0n) is 15.4. The Hall–Kier alpha value is -2.73. The molecule has 0 radical (unpaired) electrons. The minimum atomic E-state index is -1.64. The summed E-state index contributed by atoms with van der Waals surface area (Å²) in [6.45, 7) is 4.08. The molecule has 0 aromatic rings. The third-order valence-electron chi connectivity index (χ3n) is 3.55. The molecule has 0 aliphatic rings. The van der Waals surface area contributed by atoms with Gasteiger partial charge < -0.3 is 37.6 Å². The second-order valence-electron chi connectivity index (χ2n) is 6.34. The van der Waals surface area contributed by atoms with Crippen LogP contribution < -0.4 is 27.4 Å². The van der Waals surface area contributed by atoms with Crippen molar-refractivity contribution >= 4 is 29.6 Å². The van der Waals surface area contributed by atoms with Gasteiger partial charge in [-0.15, -0.1) is 0 Å². The fraction of sp³-hybridized carbons (Fsp3) is 0.667. The van der Waals surface area contributed by atoms with E-state index in [-0.39, 0.29) is 5.92 Å². The number of aliphatic hydroxyl groups excluding tert-OH is 1. The number of rotatable bonds is 11. The molecule has 0 fully saturated rings. The topological polar surface area (TPSA) is 214 Å². The number of carboxylic acids is 1. The highest BCUT2D eigenvalue weighted by Crippen LogP contribution is 1.99. The van der Waals surface area contributed by atoms with Crippen molar-refractivity contribution in [2.24, 2.45) is 17.4 Å². The molecular formula is C15H27N5O7. The maximum atomic E-state index is 12.2. The highest BCUT2D eigenvalue weighted by molar-refractivity contribution is 5.95. The molecule has 0 heterocycles. The van der Waals surface area contributed by atoms with Crippen LogP contribution in [-0.2, 0) is 24.0 Å². The third kappa shape index (κ3) is 8.96. The Balaban J connectivity index is 4.92. The van der Waals surface area contributed by atoms with Crippen LogP contribution in [0, 0.1) is 5.92 Å². The van der Waals surface area contributed by atoms with E-state index < -0.39 is 66.8 Å². The molecule has 154 valence electrons. The van der Waals surface area contributed by atoms with Gasteiger partial charge in [-0.1, -0.05) is 13.8 Å². The number of amides is 4. The zero-order chi connectivity index (χ0) is 21.3. The first kappa shape index (κ1) is 24.3. The van der Waals surface area contributed by atoms with E-state index in [4.69, 9.17) is 16.6 Å². The number of primary amides is 1. The smallest absolute Gasteiger partial charge is 0.328 e. The van der Waals surface area contributed by atoms with Gasteiger partial charge in [0.05, 0.1) is 25.1 Å². The summed E-state index contributed by atoms with van der Waals surface area (Å²) in [7, 11) is 0. The molecule has 0 rings (SSSR count). The Morgan fingerprint density at radius 1 is 1.00 bits per heavy atom. The average molecular weight is 389 g/mol. The molecule has 9 N–H and O–H groups in total. The summed E-state index contributed by atoms with van der Waals surface area (Å²) in [6, 6.07) is -3.95. The number of carbonyl (C=O) groups excluding carboxylic acids is 4. The van der Waals surface area contributed by atoms with Crippen LogP contribution in [0.1, 0.15) is 27.2 Å². The van der Waals surface area contributed by atoms with E-state index in [1.165, 1.54) is 0 Å². The van der Waals surface area contributed by atoms with Gasteiger partial charge in [0.2, 0.25) is 23.6 Å². The van der Waals surface area contributed by atoms with E-state index in [0.29, 0.717) is 0 Å². The lowest BCUT2D eigenvalue weighted by Crippen LogP contribution is -2.56. The zero-order valence-corrected chi connectivity index (χ0v) is 15.4. The molecular weight excluding hydrogens is 362 g/mol. The highest BCUT2D eigenvalue weighted by atomic mass is 16.4. The Labute approximate surface area is 156 Å². The molecule has 27 heavy (non-hydrogen) atoms. The van der Waals surface area contributed by atoms with E-state index in [9.17, 15) is 29.1 Å². The first-order valence-corrected chi connectivity index (χ1v) is 8.19. The summed E-state index contributed by atoms with van der Waals surface area (Å²) >= 11 is 0. The van der Waals surface area contributed by atoms with Crippen LogP contribution in [0.15, 0.2) is 0 Å². The van der Waals surface area contributed by atoms with Crippen molar-refractivity contribution in [1.82, 2.24) is 16.0 Å². The monoisotopic (exact) mass is 389 g/mol. The minimum absolute atomic E-state index is 0.158. The number of aliphatic hydroxyl groups is 1. The van der Waals surface area contributed by atoms with E-state index in [0.717, 1.165) is 6.92 Å². The first-order valence-electron chi connectivity index (χ1n) is 8.19. The van der Waals surface area contributed by atoms with Gasteiger partial charge in [-0.05, 0) is 12.8 Å². The second-order valence-corrected chi connectivity index (χ2v) is 6.34. The van der Waals surface area contributed by atoms with Crippen molar-refractivity contribution in [1.29, 1.82) is 0 Å². The third-order valence-corrected chi connectivity index (χ3v) is 3.55. The number of carboxylic acid groups (broad SMARTS) is 1.